The highest BCUT2D eigenvalue weighted by molar-refractivity contribution is 6.42. The van der Waals surface area contributed by atoms with Gasteiger partial charge in [-0.2, -0.15) is 4.98 Å². The quantitative estimate of drug-likeness (QED) is 0.705. The van der Waals surface area contributed by atoms with E-state index in [2.05, 4.69) is 15.1 Å². The zero-order valence-electron chi connectivity index (χ0n) is 14.0. The van der Waals surface area contributed by atoms with Crippen LogP contribution in [0.25, 0.3) is 22.8 Å². The number of rotatable bonds is 2. The van der Waals surface area contributed by atoms with Crippen molar-refractivity contribution in [2.24, 2.45) is 0 Å². The molecule has 0 unspecified atom stereocenters. The van der Waals surface area contributed by atoms with Crippen LogP contribution < -0.4 is 4.74 Å². The normalized spacial score (nSPS) is 18.3. The Morgan fingerprint density at radius 2 is 1.96 bits per heavy atom. The molecule has 2 aromatic heterocycles. The van der Waals surface area contributed by atoms with Crippen LogP contribution in [0.15, 0.2) is 35.0 Å². The Morgan fingerprint density at radius 1 is 1.15 bits per heavy atom. The minimum absolute atomic E-state index is 0.320. The van der Waals surface area contributed by atoms with Crippen LogP contribution >= 0.6 is 23.2 Å². The molecule has 4 rings (SSSR count). The van der Waals surface area contributed by atoms with Crippen LogP contribution in [0.3, 0.4) is 0 Å². The maximum atomic E-state index is 10.2. The van der Waals surface area contributed by atoms with Gasteiger partial charge in [-0.25, -0.2) is 4.98 Å². The highest BCUT2D eigenvalue weighted by atomic mass is 35.5. The Labute approximate surface area is 159 Å². The molecule has 3 aromatic rings. The molecule has 0 radical (unpaired) electrons. The third-order valence-electron chi connectivity index (χ3n) is 4.35. The summed E-state index contributed by atoms with van der Waals surface area (Å²) >= 11 is 12.0. The highest BCUT2D eigenvalue weighted by Gasteiger charge is 2.36. The molecule has 134 valence electrons. The molecule has 1 atom stereocenters. The van der Waals surface area contributed by atoms with E-state index in [1.54, 1.807) is 24.4 Å². The maximum Gasteiger partial charge on any atom is 0.259 e. The molecular formula is C18H15Cl2N3O3. The standard InChI is InChI=1S/C18H15Cl2N3O3/c1-18(2)14(24)7-10-5-11(8-21-16(10)25-18)17-22-15(23-26-17)9-3-4-12(19)13(20)6-9/h3-6,8,14,24H,7H2,1-2H3/t14-/m0/s1. The average Bonchev–Trinajstić information content (AvgIpc) is 3.08. The van der Waals surface area contributed by atoms with Gasteiger partial charge in [0.1, 0.15) is 5.60 Å². The molecule has 1 aliphatic heterocycles. The third-order valence-corrected chi connectivity index (χ3v) is 5.09. The third kappa shape index (κ3) is 3.05. The predicted octanol–water partition coefficient (Wildman–Crippen LogP) is 4.18. The fraction of sp³-hybridized carbons (Fsp3) is 0.278. The number of hydrogen-bond donors (Lipinski definition) is 1. The molecule has 0 spiro atoms. The van der Waals surface area contributed by atoms with Crippen molar-refractivity contribution >= 4 is 23.2 Å². The van der Waals surface area contributed by atoms with Crippen molar-refractivity contribution < 1.29 is 14.4 Å². The zero-order chi connectivity index (χ0) is 18.5. The summed E-state index contributed by atoms with van der Waals surface area (Å²) in [6.07, 6.45) is 1.43. The van der Waals surface area contributed by atoms with Crippen molar-refractivity contribution in [2.75, 3.05) is 0 Å². The van der Waals surface area contributed by atoms with Gasteiger partial charge in [0.05, 0.1) is 21.7 Å². The van der Waals surface area contributed by atoms with E-state index in [1.165, 1.54) is 0 Å². The van der Waals surface area contributed by atoms with Crippen LogP contribution in [-0.4, -0.2) is 31.9 Å². The lowest BCUT2D eigenvalue weighted by Gasteiger charge is -2.36. The fourth-order valence-electron chi connectivity index (χ4n) is 2.72. The average molecular weight is 392 g/mol. The smallest absolute Gasteiger partial charge is 0.259 e. The maximum absolute atomic E-state index is 10.2. The van der Waals surface area contributed by atoms with E-state index in [0.717, 1.165) is 5.56 Å². The van der Waals surface area contributed by atoms with Gasteiger partial charge in [-0.1, -0.05) is 28.4 Å². The fourth-order valence-corrected chi connectivity index (χ4v) is 3.02. The summed E-state index contributed by atoms with van der Waals surface area (Å²) in [5.41, 5.74) is 1.47. The van der Waals surface area contributed by atoms with E-state index in [0.29, 0.717) is 45.2 Å². The summed E-state index contributed by atoms with van der Waals surface area (Å²) < 4.78 is 11.1. The van der Waals surface area contributed by atoms with Gasteiger partial charge < -0.3 is 14.4 Å². The number of aliphatic hydroxyl groups excluding tert-OH is 1. The minimum atomic E-state index is -0.674. The molecule has 0 fully saturated rings. The van der Waals surface area contributed by atoms with E-state index in [9.17, 15) is 5.11 Å². The number of pyridine rings is 1. The summed E-state index contributed by atoms with van der Waals surface area (Å²) in [6.45, 7) is 3.66. The van der Waals surface area contributed by atoms with E-state index in [4.69, 9.17) is 32.5 Å². The lowest BCUT2D eigenvalue weighted by atomic mass is 9.92. The van der Waals surface area contributed by atoms with Crippen molar-refractivity contribution in [1.82, 2.24) is 15.1 Å². The van der Waals surface area contributed by atoms with Crippen LogP contribution in [0, 0.1) is 0 Å². The molecule has 8 heteroatoms. The van der Waals surface area contributed by atoms with Crippen LogP contribution in [-0.2, 0) is 6.42 Å². The molecule has 3 heterocycles. The van der Waals surface area contributed by atoms with Gasteiger partial charge in [0.25, 0.3) is 5.89 Å². The number of aromatic nitrogens is 3. The van der Waals surface area contributed by atoms with Crippen molar-refractivity contribution in [2.45, 2.75) is 32.0 Å². The van der Waals surface area contributed by atoms with E-state index >= 15 is 0 Å². The molecule has 1 N–H and O–H groups in total. The summed E-state index contributed by atoms with van der Waals surface area (Å²) in [4.78, 5) is 8.73. The van der Waals surface area contributed by atoms with Crippen LogP contribution in [0.4, 0.5) is 0 Å². The lowest BCUT2D eigenvalue weighted by Crippen LogP contribution is -2.46. The van der Waals surface area contributed by atoms with Crippen molar-refractivity contribution in [3.8, 4) is 28.7 Å². The molecule has 0 amide bonds. The van der Waals surface area contributed by atoms with Crippen LogP contribution in [0.5, 0.6) is 5.88 Å². The summed E-state index contributed by atoms with van der Waals surface area (Å²) in [6, 6.07) is 6.96. The Morgan fingerprint density at radius 3 is 2.73 bits per heavy atom. The molecule has 6 nitrogen and oxygen atoms in total. The van der Waals surface area contributed by atoms with Crippen LogP contribution in [0.1, 0.15) is 19.4 Å². The summed E-state index contributed by atoms with van der Waals surface area (Å²) in [5, 5.41) is 15.1. The Hall–Kier alpha value is -2.15. The SMILES string of the molecule is CC1(C)Oc2ncc(-c3nc(-c4ccc(Cl)c(Cl)c4)no3)cc2C[C@@H]1O. The van der Waals surface area contributed by atoms with E-state index in [1.807, 2.05) is 19.9 Å². The molecule has 1 aliphatic rings. The van der Waals surface area contributed by atoms with Gasteiger partial charge in [-0.3, -0.25) is 0 Å². The lowest BCUT2D eigenvalue weighted by molar-refractivity contribution is -0.0442. The molecule has 0 aliphatic carbocycles. The van der Waals surface area contributed by atoms with E-state index in [-0.39, 0.29) is 0 Å². The molecule has 1 aromatic carbocycles. The van der Waals surface area contributed by atoms with Gasteiger partial charge in [0.2, 0.25) is 11.7 Å². The van der Waals surface area contributed by atoms with Gasteiger partial charge in [-0.05, 0) is 38.1 Å². The first-order valence-corrected chi connectivity index (χ1v) is 8.74. The van der Waals surface area contributed by atoms with Gasteiger partial charge in [0, 0.05) is 23.7 Å². The minimum Gasteiger partial charge on any atom is -0.469 e. The summed E-state index contributed by atoms with van der Waals surface area (Å²) in [7, 11) is 0. The molecular weight excluding hydrogens is 377 g/mol. The predicted molar refractivity (Wildman–Crippen MR) is 97.4 cm³/mol. The van der Waals surface area contributed by atoms with Gasteiger partial charge >= 0.3 is 0 Å². The number of benzene rings is 1. The first-order valence-electron chi connectivity index (χ1n) is 7.99. The number of fused-ring (bicyclic) bond motifs is 1. The molecule has 0 saturated heterocycles. The van der Waals surface area contributed by atoms with Crippen molar-refractivity contribution in [3.05, 3.63) is 46.1 Å². The molecule has 0 saturated carbocycles. The van der Waals surface area contributed by atoms with Crippen LogP contribution in [0.2, 0.25) is 10.0 Å². The Kier molecular flexibility index (Phi) is 4.14. The summed E-state index contributed by atoms with van der Waals surface area (Å²) in [5.74, 6) is 1.22. The Bertz CT molecular complexity index is 988. The number of aliphatic hydroxyl groups is 1. The second-order valence-electron chi connectivity index (χ2n) is 6.67. The molecule has 0 bridgehead atoms. The Balaban J connectivity index is 1.66. The highest BCUT2D eigenvalue weighted by Crippen LogP contribution is 2.34. The second-order valence-corrected chi connectivity index (χ2v) is 7.48. The monoisotopic (exact) mass is 391 g/mol. The zero-order valence-corrected chi connectivity index (χ0v) is 15.5. The number of ether oxygens (including phenoxy) is 1. The van der Waals surface area contributed by atoms with Crippen molar-refractivity contribution in [1.29, 1.82) is 0 Å². The van der Waals surface area contributed by atoms with Gasteiger partial charge in [0.15, 0.2) is 0 Å². The number of halogens is 2. The first-order chi connectivity index (χ1) is 12.3. The van der Waals surface area contributed by atoms with Gasteiger partial charge in [-0.15, -0.1) is 0 Å². The topological polar surface area (TPSA) is 81.3 Å². The number of hydrogen-bond acceptors (Lipinski definition) is 6. The van der Waals surface area contributed by atoms with Crippen molar-refractivity contribution in [3.63, 3.8) is 0 Å². The van der Waals surface area contributed by atoms with E-state index < -0.39 is 11.7 Å². The first kappa shape index (κ1) is 17.3. The number of nitrogens with zero attached hydrogens (tertiary/aromatic N) is 3. The second kappa shape index (κ2) is 6.23. The largest absolute Gasteiger partial charge is 0.469 e. The molecule has 26 heavy (non-hydrogen) atoms.